The zero-order chi connectivity index (χ0) is 21.6. The molecule has 0 saturated carbocycles. The Bertz CT molecular complexity index is 1110. The number of fused-ring (bicyclic) bond motifs is 1. The van der Waals surface area contributed by atoms with Crippen molar-refractivity contribution in [3.63, 3.8) is 0 Å². The molecule has 31 heavy (non-hydrogen) atoms. The standard InChI is InChI=1S/C26H24N2O3/c1-31-23-13-9-19(10-14-23)11-16-25(29)27-22-12-15-24-21(18-22)8-5-17-28(24)26(30)20-6-3-2-4-7-20/h2-4,6-7,9-16,18H,5,8,17H2,1H3,(H,27,29)/b16-11+. The van der Waals surface area contributed by atoms with Crippen molar-refractivity contribution in [3.8, 4) is 5.75 Å². The van der Waals surface area contributed by atoms with E-state index in [-0.39, 0.29) is 11.8 Å². The van der Waals surface area contributed by atoms with Crippen molar-refractivity contribution >= 4 is 29.3 Å². The van der Waals surface area contributed by atoms with E-state index in [1.54, 1.807) is 13.2 Å². The van der Waals surface area contributed by atoms with Gasteiger partial charge in [0.25, 0.3) is 5.91 Å². The van der Waals surface area contributed by atoms with Crippen LogP contribution in [0.1, 0.15) is 27.9 Å². The van der Waals surface area contributed by atoms with Crippen molar-refractivity contribution in [3.05, 3.63) is 95.6 Å². The maximum Gasteiger partial charge on any atom is 0.258 e. The number of nitrogens with zero attached hydrogens (tertiary/aromatic N) is 1. The molecule has 5 heteroatoms. The van der Waals surface area contributed by atoms with Crippen molar-refractivity contribution in [2.24, 2.45) is 0 Å². The lowest BCUT2D eigenvalue weighted by Crippen LogP contribution is -2.35. The molecule has 1 N–H and O–H groups in total. The van der Waals surface area contributed by atoms with Crippen LogP contribution in [0, 0.1) is 0 Å². The van der Waals surface area contributed by atoms with E-state index in [0.717, 1.165) is 41.1 Å². The first-order valence-corrected chi connectivity index (χ1v) is 10.3. The third-order valence-corrected chi connectivity index (χ3v) is 5.27. The maximum atomic E-state index is 12.9. The second kappa shape index (κ2) is 9.30. The van der Waals surface area contributed by atoms with E-state index in [2.05, 4.69) is 5.32 Å². The van der Waals surface area contributed by atoms with E-state index >= 15 is 0 Å². The summed E-state index contributed by atoms with van der Waals surface area (Å²) >= 11 is 0. The largest absolute Gasteiger partial charge is 0.497 e. The fraction of sp³-hybridized carbons (Fsp3) is 0.154. The van der Waals surface area contributed by atoms with Crippen LogP contribution >= 0.6 is 0 Å². The summed E-state index contributed by atoms with van der Waals surface area (Å²) in [6.07, 6.45) is 5.03. The Morgan fingerprint density at radius 1 is 1.00 bits per heavy atom. The number of nitrogens with one attached hydrogen (secondary N) is 1. The van der Waals surface area contributed by atoms with E-state index in [1.165, 1.54) is 6.08 Å². The topological polar surface area (TPSA) is 58.6 Å². The Balaban J connectivity index is 1.45. The molecular weight excluding hydrogens is 388 g/mol. The highest BCUT2D eigenvalue weighted by molar-refractivity contribution is 6.07. The summed E-state index contributed by atoms with van der Waals surface area (Å²) in [5.74, 6) is 0.569. The van der Waals surface area contributed by atoms with Crippen molar-refractivity contribution in [2.75, 3.05) is 23.9 Å². The van der Waals surface area contributed by atoms with Crippen LogP contribution in [-0.2, 0) is 11.2 Å². The zero-order valence-corrected chi connectivity index (χ0v) is 17.4. The van der Waals surface area contributed by atoms with Gasteiger partial charge in [-0.3, -0.25) is 9.59 Å². The summed E-state index contributed by atoms with van der Waals surface area (Å²) in [5, 5.41) is 2.91. The van der Waals surface area contributed by atoms with E-state index in [4.69, 9.17) is 4.74 Å². The molecule has 4 rings (SSSR count). The van der Waals surface area contributed by atoms with Gasteiger partial charge in [-0.2, -0.15) is 0 Å². The van der Waals surface area contributed by atoms with Crippen LogP contribution in [0.5, 0.6) is 5.75 Å². The first-order valence-electron chi connectivity index (χ1n) is 10.3. The minimum absolute atomic E-state index is 0.000704. The van der Waals surface area contributed by atoms with Gasteiger partial charge in [-0.25, -0.2) is 0 Å². The number of aryl methyl sites for hydroxylation is 1. The molecule has 0 atom stereocenters. The molecular formula is C26H24N2O3. The van der Waals surface area contributed by atoms with Crippen molar-refractivity contribution < 1.29 is 14.3 Å². The molecule has 0 spiro atoms. The average molecular weight is 412 g/mol. The van der Waals surface area contributed by atoms with Gasteiger partial charge in [0.2, 0.25) is 5.91 Å². The van der Waals surface area contributed by atoms with E-state index in [1.807, 2.05) is 77.7 Å². The van der Waals surface area contributed by atoms with Crippen molar-refractivity contribution in [1.82, 2.24) is 0 Å². The van der Waals surface area contributed by atoms with Gasteiger partial charge >= 0.3 is 0 Å². The van der Waals surface area contributed by atoms with E-state index < -0.39 is 0 Å². The van der Waals surface area contributed by atoms with Gasteiger partial charge in [-0.1, -0.05) is 30.3 Å². The number of anilines is 2. The van der Waals surface area contributed by atoms with Crippen molar-refractivity contribution in [2.45, 2.75) is 12.8 Å². The van der Waals surface area contributed by atoms with Crippen LogP contribution in [0.4, 0.5) is 11.4 Å². The highest BCUT2D eigenvalue weighted by Gasteiger charge is 2.23. The van der Waals surface area contributed by atoms with Gasteiger partial charge in [-0.15, -0.1) is 0 Å². The molecule has 0 unspecified atom stereocenters. The fourth-order valence-electron chi connectivity index (χ4n) is 3.69. The SMILES string of the molecule is COc1ccc(/C=C/C(=O)Nc2ccc3c(c2)CCCN3C(=O)c2ccccc2)cc1. The normalized spacial score (nSPS) is 13.0. The Morgan fingerprint density at radius 2 is 1.77 bits per heavy atom. The average Bonchev–Trinajstić information content (AvgIpc) is 2.82. The lowest BCUT2D eigenvalue weighted by Gasteiger charge is -2.30. The van der Waals surface area contributed by atoms with Crippen LogP contribution in [0.25, 0.3) is 6.08 Å². The summed E-state index contributed by atoms with van der Waals surface area (Å²) < 4.78 is 5.14. The molecule has 3 aromatic carbocycles. The summed E-state index contributed by atoms with van der Waals surface area (Å²) in [5.41, 5.74) is 4.28. The molecule has 0 aromatic heterocycles. The van der Waals surface area contributed by atoms with Gasteiger partial charge in [0.1, 0.15) is 5.75 Å². The molecule has 1 aliphatic rings. The predicted octanol–water partition coefficient (Wildman–Crippen LogP) is 4.94. The Kier molecular flexibility index (Phi) is 6.13. The minimum atomic E-state index is -0.205. The van der Waals surface area contributed by atoms with Gasteiger partial charge in [0.05, 0.1) is 7.11 Å². The smallest absolute Gasteiger partial charge is 0.258 e. The molecule has 0 saturated heterocycles. The second-order valence-corrected chi connectivity index (χ2v) is 7.37. The number of hydrogen-bond donors (Lipinski definition) is 1. The number of benzene rings is 3. The quantitative estimate of drug-likeness (QED) is 0.604. The summed E-state index contributed by atoms with van der Waals surface area (Å²) in [7, 11) is 1.62. The molecule has 156 valence electrons. The number of carbonyl (C=O) groups is 2. The molecule has 0 aliphatic carbocycles. The minimum Gasteiger partial charge on any atom is -0.497 e. The van der Waals surface area contributed by atoms with Gasteiger partial charge in [0, 0.05) is 29.6 Å². The third-order valence-electron chi connectivity index (χ3n) is 5.27. The molecule has 1 aliphatic heterocycles. The zero-order valence-electron chi connectivity index (χ0n) is 17.4. The highest BCUT2D eigenvalue weighted by Crippen LogP contribution is 2.31. The van der Waals surface area contributed by atoms with Gasteiger partial charge in [0.15, 0.2) is 0 Å². The first-order chi connectivity index (χ1) is 15.1. The van der Waals surface area contributed by atoms with Crippen LogP contribution in [0.2, 0.25) is 0 Å². The lowest BCUT2D eigenvalue weighted by atomic mass is 10.00. The van der Waals surface area contributed by atoms with Gasteiger partial charge < -0.3 is 15.0 Å². The Morgan fingerprint density at radius 3 is 2.52 bits per heavy atom. The number of hydrogen-bond acceptors (Lipinski definition) is 3. The Labute approximate surface area is 182 Å². The third kappa shape index (κ3) is 4.83. The maximum absolute atomic E-state index is 12.9. The molecule has 0 bridgehead atoms. The van der Waals surface area contributed by atoms with E-state index in [0.29, 0.717) is 12.1 Å². The number of rotatable bonds is 5. The Hall–Kier alpha value is -3.86. The van der Waals surface area contributed by atoms with E-state index in [9.17, 15) is 9.59 Å². The highest BCUT2D eigenvalue weighted by atomic mass is 16.5. The van der Waals surface area contributed by atoms with Crippen molar-refractivity contribution in [1.29, 1.82) is 0 Å². The summed E-state index contributed by atoms with van der Waals surface area (Å²) in [6, 6.07) is 22.5. The molecule has 5 nitrogen and oxygen atoms in total. The monoisotopic (exact) mass is 412 g/mol. The molecule has 1 heterocycles. The molecule has 3 aromatic rings. The number of carbonyl (C=O) groups excluding carboxylic acids is 2. The second-order valence-electron chi connectivity index (χ2n) is 7.37. The molecule has 0 fully saturated rings. The van der Waals surface area contributed by atoms with Gasteiger partial charge in [-0.05, 0) is 72.5 Å². The van der Waals surface area contributed by atoms with Crippen LogP contribution in [-0.4, -0.2) is 25.5 Å². The summed E-state index contributed by atoms with van der Waals surface area (Å²) in [4.78, 5) is 27.1. The summed E-state index contributed by atoms with van der Waals surface area (Å²) in [6.45, 7) is 0.692. The number of methoxy groups -OCH3 is 1. The fourth-order valence-corrected chi connectivity index (χ4v) is 3.69. The molecule has 2 amide bonds. The molecule has 0 radical (unpaired) electrons. The number of ether oxygens (including phenoxy) is 1. The van der Waals surface area contributed by atoms with Crippen LogP contribution in [0.3, 0.4) is 0 Å². The first kappa shape index (κ1) is 20.4. The predicted molar refractivity (Wildman–Crippen MR) is 124 cm³/mol. The van der Waals surface area contributed by atoms with Crippen LogP contribution in [0.15, 0.2) is 78.9 Å². The van der Waals surface area contributed by atoms with Crippen LogP contribution < -0.4 is 15.0 Å². The lowest BCUT2D eigenvalue weighted by molar-refractivity contribution is -0.111. The number of amides is 2.